The van der Waals surface area contributed by atoms with Crippen molar-refractivity contribution in [2.45, 2.75) is 50.6 Å². The molecule has 1 atom stereocenters. The second-order valence-electron chi connectivity index (χ2n) is 5.34. The summed E-state index contributed by atoms with van der Waals surface area (Å²) in [5, 5.41) is 3.17. The van der Waals surface area contributed by atoms with Crippen molar-refractivity contribution in [2.75, 3.05) is 26.7 Å². The van der Waals surface area contributed by atoms with E-state index in [1.54, 1.807) is 0 Å². The van der Waals surface area contributed by atoms with Crippen LogP contribution in [0.15, 0.2) is 0 Å². The van der Waals surface area contributed by atoms with Crippen LogP contribution in [0.5, 0.6) is 0 Å². The van der Waals surface area contributed by atoms with E-state index in [2.05, 4.69) is 17.3 Å². The first kappa shape index (κ1) is 15.4. The maximum atomic E-state index is 10.7. The quantitative estimate of drug-likeness (QED) is 0.536. The Morgan fingerprint density at radius 1 is 1.39 bits per heavy atom. The van der Waals surface area contributed by atoms with Gasteiger partial charge in [0, 0.05) is 12.6 Å². The lowest BCUT2D eigenvalue weighted by Crippen LogP contribution is -2.44. The first-order valence-corrected chi connectivity index (χ1v) is 7.07. The van der Waals surface area contributed by atoms with Gasteiger partial charge in [-0.15, -0.1) is 0 Å². The number of hydrogen-bond donors (Lipinski definition) is 3. The topological polar surface area (TPSA) is 84.4 Å². The average Bonchev–Trinajstić information content (AvgIpc) is 2.38. The van der Waals surface area contributed by atoms with E-state index >= 15 is 0 Å². The standard InChI is InChI=1S/C13H28N4O/c1-17(11-6-3-2-4-7-11)9-5-8-16-10-12(14)13(15)18/h11-12,16H,2-10,14H2,1H3,(H2,15,18). The van der Waals surface area contributed by atoms with Crippen LogP contribution in [0.1, 0.15) is 38.5 Å². The summed E-state index contributed by atoms with van der Waals surface area (Å²) in [6.07, 6.45) is 7.92. The van der Waals surface area contributed by atoms with E-state index < -0.39 is 11.9 Å². The largest absolute Gasteiger partial charge is 0.368 e. The van der Waals surface area contributed by atoms with Crippen LogP contribution in [0.4, 0.5) is 0 Å². The van der Waals surface area contributed by atoms with Crippen LogP contribution in [0, 0.1) is 0 Å². The number of primary amides is 1. The van der Waals surface area contributed by atoms with Gasteiger partial charge in [0.2, 0.25) is 5.91 Å². The summed E-state index contributed by atoms with van der Waals surface area (Å²) in [4.78, 5) is 13.2. The lowest BCUT2D eigenvalue weighted by molar-refractivity contribution is -0.119. The summed E-state index contributed by atoms with van der Waals surface area (Å²) in [5.74, 6) is -0.443. The zero-order valence-electron chi connectivity index (χ0n) is 11.5. The van der Waals surface area contributed by atoms with Gasteiger partial charge in [0.15, 0.2) is 0 Å². The molecule has 0 radical (unpaired) electrons. The van der Waals surface area contributed by atoms with Gasteiger partial charge in [0.05, 0.1) is 6.04 Å². The summed E-state index contributed by atoms with van der Waals surface area (Å²) in [5.41, 5.74) is 10.6. The van der Waals surface area contributed by atoms with Crippen molar-refractivity contribution >= 4 is 5.91 Å². The highest BCUT2D eigenvalue weighted by Gasteiger charge is 2.17. The summed E-state index contributed by atoms with van der Waals surface area (Å²) < 4.78 is 0. The van der Waals surface area contributed by atoms with Gasteiger partial charge in [-0.1, -0.05) is 19.3 Å². The van der Waals surface area contributed by atoms with Crippen molar-refractivity contribution in [3.05, 3.63) is 0 Å². The van der Waals surface area contributed by atoms with Crippen LogP contribution in [0.3, 0.4) is 0 Å². The third-order valence-corrected chi connectivity index (χ3v) is 3.79. The lowest BCUT2D eigenvalue weighted by atomic mass is 9.94. The van der Waals surface area contributed by atoms with Crippen molar-refractivity contribution in [3.8, 4) is 0 Å². The van der Waals surface area contributed by atoms with E-state index in [-0.39, 0.29) is 0 Å². The summed E-state index contributed by atoms with van der Waals surface area (Å²) >= 11 is 0. The Kier molecular flexibility index (Phi) is 7.23. The molecule has 1 rings (SSSR count). The number of rotatable bonds is 8. The van der Waals surface area contributed by atoms with Crippen LogP contribution in [-0.4, -0.2) is 49.6 Å². The van der Waals surface area contributed by atoms with Gasteiger partial charge in [0.1, 0.15) is 0 Å². The highest BCUT2D eigenvalue weighted by Crippen LogP contribution is 2.21. The third kappa shape index (κ3) is 5.80. The summed E-state index contributed by atoms with van der Waals surface area (Å²) in [6.45, 7) is 2.46. The minimum Gasteiger partial charge on any atom is -0.368 e. The molecule has 106 valence electrons. The number of carbonyl (C=O) groups is 1. The highest BCUT2D eigenvalue weighted by atomic mass is 16.1. The van der Waals surface area contributed by atoms with Crippen LogP contribution in [0.25, 0.3) is 0 Å². The Morgan fingerprint density at radius 2 is 2.06 bits per heavy atom. The van der Waals surface area contributed by atoms with Gasteiger partial charge in [-0.3, -0.25) is 4.79 Å². The molecular formula is C13H28N4O. The molecular weight excluding hydrogens is 228 g/mol. The zero-order valence-corrected chi connectivity index (χ0v) is 11.5. The van der Waals surface area contributed by atoms with Crippen LogP contribution in [-0.2, 0) is 4.79 Å². The van der Waals surface area contributed by atoms with Crippen LogP contribution < -0.4 is 16.8 Å². The van der Waals surface area contributed by atoms with Gasteiger partial charge < -0.3 is 21.7 Å². The lowest BCUT2D eigenvalue weighted by Gasteiger charge is -2.31. The maximum absolute atomic E-state index is 10.7. The molecule has 1 amide bonds. The number of nitrogens with zero attached hydrogens (tertiary/aromatic N) is 1. The summed E-state index contributed by atoms with van der Waals surface area (Å²) in [7, 11) is 2.21. The Hall–Kier alpha value is -0.650. The molecule has 5 heteroatoms. The van der Waals surface area contributed by atoms with Crippen LogP contribution >= 0.6 is 0 Å². The normalized spacial score (nSPS) is 19.1. The number of hydrogen-bond acceptors (Lipinski definition) is 4. The Morgan fingerprint density at radius 3 is 2.67 bits per heavy atom. The predicted octanol–water partition coefficient (Wildman–Crippen LogP) is 0.0432. The molecule has 1 aliphatic carbocycles. The number of nitrogens with one attached hydrogen (secondary N) is 1. The molecule has 1 fully saturated rings. The van der Waals surface area contributed by atoms with Crippen molar-refractivity contribution in [2.24, 2.45) is 11.5 Å². The fraction of sp³-hybridized carbons (Fsp3) is 0.923. The molecule has 18 heavy (non-hydrogen) atoms. The second-order valence-corrected chi connectivity index (χ2v) is 5.34. The molecule has 5 nitrogen and oxygen atoms in total. The molecule has 1 saturated carbocycles. The fourth-order valence-corrected chi connectivity index (χ4v) is 2.52. The molecule has 0 aliphatic heterocycles. The van der Waals surface area contributed by atoms with Crippen molar-refractivity contribution < 1.29 is 4.79 Å². The smallest absolute Gasteiger partial charge is 0.235 e. The van der Waals surface area contributed by atoms with E-state index in [4.69, 9.17) is 11.5 Å². The fourth-order valence-electron chi connectivity index (χ4n) is 2.52. The van der Waals surface area contributed by atoms with Gasteiger partial charge >= 0.3 is 0 Å². The molecule has 0 saturated heterocycles. The Labute approximate surface area is 110 Å². The number of nitrogens with two attached hydrogens (primary N) is 2. The second kappa shape index (κ2) is 8.45. The van der Waals surface area contributed by atoms with Crippen molar-refractivity contribution in [1.82, 2.24) is 10.2 Å². The van der Waals surface area contributed by atoms with Crippen LogP contribution in [0.2, 0.25) is 0 Å². The minimum absolute atomic E-state index is 0.443. The third-order valence-electron chi connectivity index (χ3n) is 3.79. The Bertz CT molecular complexity index is 241. The number of amides is 1. The van der Waals surface area contributed by atoms with E-state index in [9.17, 15) is 4.79 Å². The molecule has 0 bridgehead atoms. The molecule has 1 aliphatic rings. The first-order chi connectivity index (χ1) is 8.61. The van der Waals surface area contributed by atoms with Gasteiger partial charge in [0.25, 0.3) is 0 Å². The summed E-state index contributed by atoms with van der Waals surface area (Å²) in [6, 6.07) is 0.202. The van der Waals surface area contributed by atoms with E-state index in [0.29, 0.717) is 6.54 Å². The molecule has 0 aromatic rings. The molecule has 5 N–H and O–H groups in total. The van der Waals surface area contributed by atoms with E-state index in [1.165, 1.54) is 32.1 Å². The zero-order chi connectivity index (χ0) is 13.4. The maximum Gasteiger partial charge on any atom is 0.235 e. The van der Waals surface area contributed by atoms with Crippen molar-refractivity contribution in [1.29, 1.82) is 0 Å². The predicted molar refractivity (Wildman–Crippen MR) is 74.2 cm³/mol. The molecule has 0 aromatic heterocycles. The average molecular weight is 256 g/mol. The van der Waals surface area contributed by atoms with Gasteiger partial charge in [-0.2, -0.15) is 0 Å². The SMILES string of the molecule is CN(CCCNCC(N)C(N)=O)C1CCCCC1. The minimum atomic E-state index is -0.568. The molecule has 0 aromatic carbocycles. The Balaban J connectivity index is 2.01. The molecule has 0 spiro atoms. The van der Waals surface area contributed by atoms with E-state index in [1.807, 2.05) is 0 Å². The van der Waals surface area contributed by atoms with Gasteiger partial charge in [-0.05, 0) is 39.4 Å². The first-order valence-electron chi connectivity index (χ1n) is 7.07. The number of carbonyl (C=O) groups excluding carboxylic acids is 1. The monoisotopic (exact) mass is 256 g/mol. The molecule has 1 unspecified atom stereocenters. The van der Waals surface area contributed by atoms with Gasteiger partial charge in [-0.25, -0.2) is 0 Å². The highest BCUT2D eigenvalue weighted by molar-refractivity contribution is 5.79. The van der Waals surface area contributed by atoms with Crippen molar-refractivity contribution in [3.63, 3.8) is 0 Å². The van der Waals surface area contributed by atoms with E-state index in [0.717, 1.165) is 25.6 Å². The molecule has 0 heterocycles.